The van der Waals surface area contributed by atoms with Crippen LogP contribution in [0.1, 0.15) is 5.56 Å². The first-order valence-electron chi connectivity index (χ1n) is 8.04. The molecule has 0 aromatic heterocycles. The van der Waals surface area contributed by atoms with Crippen LogP contribution in [0.5, 0.6) is 0 Å². The summed E-state index contributed by atoms with van der Waals surface area (Å²) in [6, 6.07) is 9.64. The molecule has 0 bridgehead atoms. The zero-order valence-corrected chi connectivity index (χ0v) is 14.6. The quantitative estimate of drug-likeness (QED) is 0.796. The second-order valence-electron chi connectivity index (χ2n) is 5.67. The van der Waals surface area contributed by atoms with Crippen LogP contribution in [0.2, 0.25) is 0 Å². The minimum Gasteiger partial charge on any atom is -0.444 e. The second kappa shape index (κ2) is 8.35. The highest BCUT2D eigenvalue weighted by atomic mass is 32.2. The molecule has 4 nitrogen and oxygen atoms in total. The van der Waals surface area contributed by atoms with E-state index in [2.05, 4.69) is 5.32 Å². The maximum atomic E-state index is 14.4. The third-order valence-corrected chi connectivity index (χ3v) is 4.85. The molecule has 0 atom stereocenters. The van der Waals surface area contributed by atoms with E-state index in [0.717, 1.165) is 11.6 Å². The summed E-state index contributed by atoms with van der Waals surface area (Å²) < 4.78 is 47.9. The van der Waals surface area contributed by atoms with Crippen LogP contribution in [0, 0.1) is 17.5 Å². The number of thioether (sulfide) groups is 1. The van der Waals surface area contributed by atoms with E-state index < -0.39 is 34.9 Å². The van der Waals surface area contributed by atoms with Gasteiger partial charge in [0.25, 0.3) is 0 Å². The number of nitrogens with zero attached hydrogens (tertiary/aromatic N) is 1. The Morgan fingerprint density at radius 2 is 1.81 bits per heavy atom. The van der Waals surface area contributed by atoms with Gasteiger partial charge in [-0.1, -0.05) is 30.3 Å². The first-order chi connectivity index (χ1) is 12.6. The summed E-state index contributed by atoms with van der Waals surface area (Å²) in [7, 11) is 0. The van der Waals surface area contributed by atoms with Crippen molar-refractivity contribution in [2.45, 2.75) is 6.61 Å². The third kappa shape index (κ3) is 4.24. The van der Waals surface area contributed by atoms with E-state index in [-0.39, 0.29) is 6.61 Å². The highest BCUT2D eigenvalue weighted by Gasteiger charge is 2.25. The Labute approximate surface area is 153 Å². The molecule has 0 radical (unpaired) electrons. The van der Waals surface area contributed by atoms with Crippen molar-refractivity contribution in [3.8, 4) is 0 Å². The smallest absolute Gasteiger partial charge is 0.412 e. The van der Waals surface area contributed by atoms with Crippen molar-refractivity contribution in [1.82, 2.24) is 0 Å². The van der Waals surface area contributed by atoms with Gasteiger partial charge >= 0.3 is 6.09 Å². The molecular formula is C18H17F3N2O2S. The number of anilines is 2. The topological polar surface area (TPSA) is 41.6 Å². The molecule has 1 aliphatic rings. The number of hydrogen-bond acceptors (Lipinski definition) is 4. The van der Waals surface area contributed by atoms with E-state index in [0.29, 0.717) is 24.6 Å². The number of halogens is 3. The number of carbonyl (C=O) groups excluding carboxylic acids is 1. The van der Waals surface area contributed by atoms with Crippen LogP contribution in [0.15, 0.2) is 36.4 Å². The van der Waals surface area contributed by atoms with Gasteiger partial charge in [0.05, 0.1) is 5.69 Å². The summed E-state index contributed by atoms with van der Waals surface area (Å²) in [5.41, 5.74) is -0.252. The van der Waals surface area contributed by atoms with E-state index in [4.69, 9.17) is 4.74 Å². The van der Waals surface area contributed by atoms with Crippen molar-refractivity contribution in [1.29, 1.82) is 0 Å². The molecule has 1 N–H and O–H groups in total. The van der Waals surface area contributed by atoms with Gasteiger partial charge in [-0.3, -0.25) is 5.32 Å². The molecule has 0 saturated carbocycles. The molecule has 0 aliphatic carbocycles. The summed E-state index contributed by atoms with van der Waals surface area (Å²) in [5, 5.41) is 2.05. The minimum absolute atomic E-state index is 0.0389. The molecule has 1 aliphatic heterocycles. The Morgan fingerprint density at radius 1 is 1.12 bits per heavy atom. The fourth-order valence-electron chi connectivity index (χ4n) is 2.62. The number of benzene rings is 2. The third-order valence-electron chi connectivity index (χ3n) is 3.91. The van der Waals surface area contributed by atoms with Crippen LogP contribution in [-0.4, -0.2) is 30.7 Å². The predicted octanol–water partition coefficient (Wildman–Crippen LogP) is 4.41. The van der Waals surface area contributed by atoms with Crippen molar-refractivity contribution >= 4 is 29.2 Å². The molecule has 0 spiro atoms. The van der Waals surface area contributed by atoms with Crippen molar-refractivity contribution in [2.24, 2.45) is 0 Å². The summed E-state index contributed by atoms with van der Waals surface area (Å²) in [6.07, 6.45) is -0.992. The Balaban J connectivity index is 1.71. The lowest BCUT2D eigenvalue weighted by molar-refractivity contribution is 0.155. The molecule has 1 heterocycles. The van der Waals surface area contributed by atoms with Gasteiger partial charge in [-0.25, -0.2) is 18.0 Å². The lowest BCUT2D eigenvalue weighted by atomic mass is 10.2. The summed E-state index contributed by atoms with van der Waals surface area (Å²) in [4.78, 5) is 13.3. The monoisotopic (exact) mass is 382 g/mol. The fraction of sp³-hybridized carbons (Fsp3) is 0.278. The number of amides is 1. The summed E-state index contributed by atoms with van der Waals surface area (Å²) in [6.45, 7) is 0.830. The molecule has 1 amide bonds. The lowest BCUT2D eigenvalue weighted by Gasteiger charge is -2.29. The van der Waals surface area contributed by atoms with Gasteiger partial charge in [-0.15, -0.1) is 0 Å². The minimum atomic E-state index is -1.31. The number of hydrogen-bond donors (Lipinski definition) is 1. The van der Waals surface area contributed by atoms with E-state index in [9.17, 15) is 18.0 Å². The van der Waals surface area contributed by atoms with Crippen molar-refractivity contribution in [3.05, 3.63) is 59.4 Å². The van der Waals surface area contributed by atoms with Crippen LogP contribution in [0.4, 0.5) is 29.3 Å². The van der Waals surface area contributed by atoms with Crippen LogP contribution in [-0.2, 0) is 11.3 Å². The fourth-order valence-corrected chi connectivity index (χ4v) is 3.53. The Kier molecular flexibility index (Phi) is 5.92. The van der Waals surface area contributed by atoms with Gasteiger partial charge in [-0.05, 0) is 5.56 Å². The maximum Gasteiger partial charge on any atom is 0.412 e. The molecular weight excluding hydrogens is 365 g/mol. The largest absolute Gasteiger partial charge is 0.444 e. The van der Waals surface area contributed by atoms with Crippen molar-refractivity contribution in [2.75, 3.05) is 34.8 Å². The number of ether oxygens (including phenoxy) is 1. The summed E-state index contributed by atoms with van der Waals surface area (Å²) in [5.74, 6) is -2.11. The highest BCUT2D eigenvalue weighted by molar-refractivity contribution is 7.99. The van der Waals surface area contributed by atoms with Crippen molar-refractivity contribution in [3.63, 3.8) is 0 Å². The Morgan fingerprint density at radius 3 is 2.50 bits per heavy atom. The molecule has 3 rings (SSSR count). The van der Waals surface area contributed by atoms with Gasteiger partial charge in [-0.2, -0.15) is 11.8 Å². The Hall–Kier alpha value is -2.35. The maximum absolute atomic E-state index is 14.4. The molecule has 2 aromatic carbocycles. The van der Waals surface area contributed by atoms with Crippen LogP contribution >= 0.6 is 11.8 Å². The SMILES string of the molecule is O=C(Nc1cc(F)c(N2CCSCC2)c(F)c1F)OCc1ccccc1. The zero-order chi connectivity index (χ0) is 18.5. The van der Waals surface area contributed by atoms with Crippen LogP contribution < -0.4 is 10.2 Å². The van der Waals surface area contributed by atoms with E-state index in [1.54, 1.807) is 36.0 Å². The van der Waals surface area contributed by atoms with Gasteiger partial charge in [0.15, 0.2) is 17.5 Å². The molecule has 26 heavy (non-hydrogen) atoms. The highest BCUT2D eigenvalue weighted by Crippen LogP contribution is 2.32. The molecule has 8 heteroatoms. The van der Waals surface area contributed by atoms with E-state index >= 15 is 0 Å². The lowest BCUT2D eigenvalue weighted by Crippen LogP contribution is -2.34. The second-order valence-corrected chi connectivity index (χ2v) is 6.89. The van der Waals surface area contributed by atoms with Crippen molar-refractivity contribution < 1.29 is 22.7 Å². The average molecular weight is 382 g/mol. The Bertz CT molecular complexity index is 784. The zero-order valence-electron chi connectivity index (χ0n) is 13.8. The number of nitrogens with one attached hydrogen (secondary N) is 1. The van der Waals surface area contributed by atoms with E-state index in [1.807, 2.05) is 6.07 Å². The molecule has 138 valence electrons. The average Bonchev–Trinajstić information content (AvgIpc) is 2.66. The van der Waals surface area contributed by atoms with Gasteiger partial charge in [0.2, 0.25) is 0 Å². The summed E-state index contributed by atoms with van der Waals surface area (Å²) >= 11 is 1.67. The molecule has 0 unspecified atom stereocenters. The van der Waals surface area contributed by atoms with Crippen LogP contribution in [0.25, 0.3) is 0 Å². The van der Waals surface area contributed by atoms with E-state index in [1.165, 1.54) is 4.90 Å². The first kappa shape index (κ1) is 18.4. The number of rotatable bonds is 4. The standard InChI is InChI=1S/C18H17F3N2O2S/c19-13-10-14(22-18(24)25-11-12-4-2-1-3-5-12)15(20)16(21)17(13)23-6-8-26-9-7-23/h1-5,10H,6-9,11H2,(H,22,24). The molecule has 1 saturated heterocycles. The number of carbonyl (C=O) groups is 1. The predicted molar refractivity (Wildman–Crippen MR) is 96.1 cm³/mol. The van der Waals surface area contributed by atoms with Gasteiger partial charge in [0.1, 0.15) is 12.3 Å². The normalized spacial score (nSPS) is 14.2. The van der Waals surface area contributed by atoms with Crippen LogP contribution in [0.3, 0.4) is 0 Å². The first-order valence-corrected chi connectivity index (χ1v) is 9.19. The molecule has 2 aromatic rings. The van der Waals surface area contributed by atoms with Gasteiger partial charge in [0, 0.05) is 30.7 Å². The van der Waals surface area contributed by atoms with Gasteiger partial charge < -0.3 is 9.64 Å². The molecule has 1 fully saturated rings.